The largest absolute Gasteiger partial charge is 0.419 e. The molecule has 4 rings (SSSR count). The first-order chi connectivity index (χ1) is 15.3. The molecule has 0 unspecified atom stereocenters. The van der Waals surface area contributed by atoms with Gasteiger partial charge in [-0.15, -0.1) is 0 Å². The van der Waals surface area contributed by atoms with Gasteiger partial charge in [-0.1, -0.05) is 0 Å². The first kappa shape index (κ1) is 23.5. The molecule has 0 bridgehead atoms. The van der Waals surface area contributed by atoms with Crippen LogP contribution in [0.5, 0.6) is 0 Å². The van der Waals surface area contributed by atoms with Gasteiger partial charge in [-0.2, -0.15) is 0 Å². The van der Waals surface area contributed by atoms with Crippen LogP contribution in [0.2, 0.25) is 0 Å². The van der Waals surface area contributed by atoms with Crippen molar-refractivity contribution in [1.29, 1.82) is 0 Å². The Morgan fingerprint density at radius 3 is 2.44 bits per heavy atom. The van der Waals surface area contributed by atoms with Crippen LogP contribution in [-0.2, 0) is 16.6 Å². The van der Waals surface area contributed by atoms with Gasteiger partial charge in [-0.3, -0.25) is 4.57 Å². The molecule has 1 aromatic carbocycles. The van der Waals surface area contributed by atoms with Crippen molar-refractivity contribution in [2.45, 2.75) is 56.5 Å². The Balaban J connectivity index is 1.32. The zero-order valence-corrected chi connectivity index (χ0v) is 20.3. The lowest BCUT2D eigenvalue weighted by Gasteiger charge is -2.41. The number of fused-ring (bicyclic) bond motifs is 1. The molecule has 32 heavy (non-hydrogen) atoms. The van der Waals surface area contributed by atoms with E-state index >= 15 is 0 Å². The second-order valence-electron chi connectivity index (χ2n) is 9.37. The minimum Gasteiger partial charge on any atom is -0.408 e. The minimum absolute atomic E-state index is 0.168. The topological polar surface area (TPSA) is 79.0 Å². The number of hydrogen-bond acceptors (Lipinski definition) is 6. The van der Waals surface area contributed by atoms with E-state index in [1.165, 1.54) is 40.9 Å². The van der Waals surface area contributed by atoms with E-state index in [-0.39, 0.29) is 4.90 Å². The molecule has 2 aliphatic heterocycles. The van der Waals surface area contributed by atoms with Gasteiger partial charge in [0, 0.05) is 32.2 Å². The Kier molecular flexibility index (Phi) is 7.09. The molecule has 0 saturated carbocycles. The highest BCUT2D eigenvalue weighted by Crippen LogP contribution is 2.27. The fourth-order valence-corrected chi connectivity index (χ4v) is 6.34. The fraction of sp³-hybridized carbons (Fsp3) is 0.696. The fourth-order valence-electron chi connectivity index (χ4n) is 5.14. The molecule has 0 amide bonds. The lowest BCUT2D eigenvalue weighted by atomic mass is 9.91. The van der Waals surface area contributed by atoms with Gasteiger partial charge >= 0.3 is 5.76 Å². The summed E-state index contributed by atoms with van der Waals surface area (Å²) in [5.41, 5.74) is 0.933. The highest BCUT2D eigenvalue weighted by atomic mass is 32.2. The number of likely N-dealkylation sites (tertiary alicyclic amines) is 2. The maximum Gasteiger partial charge on any atom is 0.419 e. The molecule has 0 N–H and O–H groups in total. The van der Waals surface area contributed by atoms with Crippen LogP contribution in [0.1, 0.15) is 39.0 Å². The highest BCUT2D eigenvalue weighted by Gasteiger charge is 2.28. The van der Waals surface area contributed by atoms with Crippen LogP contribution in [0.4, 0.5) is 0 Å². The molecule has 1 aromatic heterocycles. The molecule has 0 aliphatic carbocycles. The SMILES string of the molecule is CCn1c(=O)oc2cc(S(=O)(=O)N(C)CCC3CCN(C4CCN(C)CC4)CC3)ccc21. The van der Waals surface area contributed by atoms with E-state index < -0.39 is 15.8 Å². The summed E-state index contributed by atoms with van der Waals surface area (Å²) in [5, 5.41) is 0. The molecule has 2 aromatic rings. The summed E-state index contributed by atoms with van der Waals surface area (Å²) in [7, 11) is 0.208. The maximum absolute atomic E-state index is 13.1. The molecule has 2 fully saturated rings. The third-order valence-electron chi connectivity index (χ3n) is 7.37. The van der Waals surface area contributed by atoms with E-state index in [1.54, 1.807) is 19.2 Å². The average Bonchev–Trinajstić information content (AvgIpc) is 3.12. The Labute approximate surface area is 190 Å². The van der Waals surface area contributed by atoms with E-state index in [4.69, 9.17) is 4.42 Å². The maximum atomic E-state index is 13.1. The van der Waals surface area contributed by atoms with Crippen molar-refractivity contribution in [2.75, 3.05) is 46.8 Å². The smallest absolute Gasteiger partial charge is 0.408 e. The van der Waals surface area contributed by atoms with Crippen LogP contribution < -0.4 is 5.76 Å². The summed E-state index contributed by atoms with van der Waals surface area (Å²) in [6, 6.07) is 5.40. The molecular formula is C23H36N4O4S. The number of oxazole rings is 1. The van der Waals surface area contributed by atoms with Gasteiger partial charge in [0.2, 0.25) is 10.0 Å². The Bertz CT molecular complexity index is 1080. The van der Waals surface area contributed by atoms with Crippen LogP contribution in [0.3, 0.4) is 0 Å². The van der Waals surface area contributed by atoms with E-state index in [2.05, 4.69) is 16.8 Å². The quantitative estimate of drug-likeness (QED) is 0.626. The van der Waals surface area contributed by atoms with E-state index in [9.17, 15) is 13.2 Å². The average molecular weight is 465 g/mol. The highest BCUT2D eigenvalue weighted by molar-refractivity contribution is 7.89. The van der Waals surface area contributed by atoms with Crippen LogP contribution in [0.25, 0.3) is 11.1 Å². The predicted molar refractivity (Wildman–Crippen MR) is 125 cm³/mol. The van der Waals surface area contributed by atoms with Gasteiger partial charge < -0.3 is 14.2 Å². The second-order valence-corrected chi connectivity index (χ2v) is 11.4. The number of benzene rings is 1. The third-order valence-corrected chi connectivity index (χ3v) is 9.22. The molecule has 0 radical (unpaired) electrons. The van der Waals surface area contributed by atoms with Crippen molar-refractivity contribution in [2.24, 2.45) is 5.92 Å². The van der Waals surface area contributed by atoms with Crippen molar-refractivity contribution in [1.82, 2.24) is 18.7 Å². The van der Waals surface area contributed by atoms with Crippen molar-refractivity contribution >= 4 is 21.1 Å². The standard InChI is InChI=1S/C23H36N4O4S/c1-4-27-21-6-5-20(17-22(21)31-23(27)28)32(29,30)25(3)14-7-18-8-15-26(16-9-18)19-10-12-24(2)13-11-19/h5-6,17-19H,4,7-16H2,1-3H3. The van der Waals surface area contributed by atoms with E-state index in [0.717, 1.165) is 32.4 Å². The van der Waals surface area contributed by atoms with Gasteiger partial charge in [0.25, 0.3) is 0 Å². The Hall–Kier alpha value is -1.68. The lowest BCUT2D eigenvalue weighted by Crippen LogP contribution is -2.47. The Morgan fingerprint density at radius 1 is 1.09 bits per heavy atom. The normalized spacial score (nSPS) is 20.5. The number of hydrogen-bond donors (Lipinski definition) is 0. The lowest BCUT2D eigenvalue weighted by molar-refractivity contribution is 0.0830. The molecule has 9 heteroatoms. The minimum atomic E-state index is -3.63. The molecular weight excluding hydrogens is 428 g/mol. The summed E-state index contributed by atoms with van der Waals surface area (Å²) in [5.74, 6) is 0.103. The van der Waals surface area contributed by atoms with Crippen LogP contribution in [0, 0.1) is 5.92 Å². The number of aromatic nitrogens is 1. The zero-order valence-electron chi connectivity index (χ0n) is 19.5. The summed E-state index contributed by atoms with van der Waals surface area (Å²) in [4.78, 5) is 17.1. The Morgan fingerprint density at radius 2 is 1.78 bits per heavy atom. The van der Waals surface area contributed by atoms with Gasteiger partial charge in [-0.05, 0) is 90.3 Å². The van der Waals surface area contributed by atoms with Crippen molar-refractivity contribution in [3.8, 4) is 0 Å². The summed E-state index contributed by atoms with van der Waals surface area (Å²) >= 11 is 0. The number of rotatable bonds is 7. The summed E-state index contributed by atoms with van der Waals surface area (Å²) in [6.45, 7) is 7.46. The van der Waals surface area contributed by atoms with Crippen molar-refractivity contribution in [3.63, 3.8) is 0 Å². The van der Waals surface area contributed by atoms with Gasteiger partial charge in [0.1, 0.15) is 0 Å². The first-order valence-electron chi connectivity index (χ1n) is 11.8. The second kappa shape index (κ2) is 9.67. The molecule has 8 nitrogen and oxygen atoms in total. The molecule has 0 atom stereocenters. The van der Waals surface area contributed by atoms with Gasteiger partial charge in [0.15, 0.2) is 5.58 Å². The van der Waals surface area contributed by atoms with Crippen LogP contribution in [0.15, 0.2) is 32.3 Å². The molecule has 0 spiro atoms. The zero-order chi connectivity index (χ0) is 22.9. The number of aryl methyl sites for hydroxylation is 1. The van der Waals surface area contributed by atoms with Crippen LogP contribution >= 0.6 is 0 Å². The number of nitrogens with zero attached hydrogens (tertiary/aromatic N) is 4. The third kappa shape index (κ3) is 4.81. The predicted octanol–water partition coefficient (Wildman–Crippen LogP) is 2.43. The summed E-state index contributed by atoms with van der Waals surface area (Å²) < 4.78 is 34.3. The molecule has 2 saturated heterocycles. The molecule has 3 heterocycles. The van der Waals surface area contributed by atoms with E-state index in [1.807, 2.05) is 6.92 Å². The molecule has 178 valence electrons. The number of piperidine rings is 2. The van der Waals surface area contributed by atoms with Crippen molar-refractivity contribution in [3.05, 3.63) is 28.7 Å². The van der Waals surface area contributed by atoms with Gasteiger partial charge in [0.05, 0.1) is 10.4 Å². The number of sulfonamides is 1. The van der Waals surface area contributed by atoms with Crippen LogP contribution in [-0.4, -0.2) is 80.0 Å². The molecule has 2 aliphatic rings. The van der Waals surface area contributed by atoms with Gasteiger partial charge in [-0.25, -0.2) is 17.5 Å². The first-order valence-corrected chi connectivity index (χ1v) is 13.3. The monoisotopic (exact) mass is 464 g/mol. The summed E-state index contributed by atoms with van der Waals surface area (Å²) in [6.07, 6.45) is 5.67. The van der Waals surface area contributed by atoms with E-state index in [0.29, 0.717) is 36.1 Å². The van der Waals surface area contributed by atoms with Crippen molar-refractivity contribution < 1.29 is 12.8 Å².